The molecule has 0 spiro atoms. The van der Waals surface area contributed by atoms with E-state index in [4.69, 9.17) is 0 Å². The summed E-state index contributed by atoms with van der Waals surface area (Å²) in [6.45, 7) is 10.2. The van der Waals surface area contributed by atoms with E-state index in [0.29, 0.717) is 5.56 Å². The lowest BCUT2D eigenvalue weighted by Crippen LogP contribution is -2.44. The summed E-state index contributed by atoms with van der Waals surface area (Å²) in [5.74, 6) is -0.135. The van der Waals surface area contributed by atoms with Gasteiger partial charge >= 0.3 is 0 Å². The van der Waals surface area contributed by atoms with Gasteiger partial charge in [-0.1, -0.05) is 0 Å². The van der Waals surface area contributed by atoms with Gasteiger partial charge in [0, 0.05) is 56.8 Å². The molecule has 1 N–H and O–H groups in total. The highest BCUT2D eigenvalue weighted by atomic mass is 16.1. The van der Waals surface area contributed by atoms with Crippen molar-refractivity contribution in [2.24, 2.45) is 0 Å². The third-order valence-electron chi connectivity index (χ3n) is 5.11. The van der Waals surface area contributed by atoms with Crippen molar-refractivity contribution in [2.45, 2.75) is 13.8 Å². The quantitative estimate of drug-likeness (QED) is 0.851. The lowest BCUT2D eigenvalue weighted by atomic mass is 10.2. The van der Waals surface area contributed by atoms with Crippen molar-refractivity contribution in [1.29, 1.82) is 0 Å². The Morgan fingerprint density at radius 1 is 1.07 bits per heavy atom. The Morgan fingerprint density at radius 2 is 1.74 bits per heavy atom. The number of anilines is 3. The molecule has 144 valence electrons. The highest BCUT2D eigenvalue weighted by molar-refractivity contribution is 6.04. The van der Waals surface area contributed by atoms with E-state index in [2.05, 4.69) is 58.0 Å². The van der Waals surface area contributed by atoms with E-state index in [9.17, 15) is 4.79 Å². The second kappa shape index (κ2) is 8.86. The molecular weight excluding hydrogens is 338 g/mol. The lowest BCUT2D eigenvalue weighted by molar-refractivity contribution is 0.102. The summed E-state index contributed by atoms with van der Waals surface area (Å²) in [7, 11) is 2.15. The Morgan fingerprint density at radius 3 is 2.37 bits per heavy atom. The van der Waals surface area contributed by atoms with Crippen LogP contribution in [0.3, 0.4) is 0 Å². The summed E-state index contributed by atoms with van der Waals surface area (Å²) in [5.41, 5.74) is 3.54. The first-order chi connectivity index (χ1) is 13.1. The van der Waals surface area contributed by atoms with E-state index in [-0.39, 0.29) is 5.91 Å². The fourth-order valence-electron chi connectivity index (χ4n) is 3.34. The van der Waals surface area contributed by atoms with Gasteiger partial charge in [-0.2, -0.15) is 0 Å². The first kappa shape index (κ1) is 19.2. The number of pyridine rings is 1. The lowest BCUT2D eigenvalue weighted by Gasteiger charge is -2.34. The van der Waals surface area contributed by atoms with Gasteiger partial charge in [0.1, 0.15) is 0 Å². The Bertz CT molecular complexity index is 749. The number of benzene rings is 1. The van der Waals surface area contributed by atoms with Crippen molar-refractivity contribution >= 4 is 23.0 Å². The Hall–Kier alpha value is -2.60. The van der Waals surface area contributed by atoms with E-state index in [0.717, 1.165) is 50.6 Å². The third-order valence-corrected chi connectivity index (χ3v) is 5.11. The number of hydrogen-bond acceptors (Lipinski definition) is 5. The van der Waals surface area contributed by atoms with Crippen LogP contribution in [0.1, 0.15) is 24.2 Å². The number of hydrogen-bond donors (Lipinski definition) is 1. The molecule has 0 atom stereocenters. The SMILES string of the molecule is CCN(CC)c1cncc(C(=O)Nc2ccc(N3CCN(C)CC3)cc2)c1. The number of amides is 1. The molecular formula is C21H29N5O. The van der Waals surface area contributed by atoms with Crippen LogP contribution in [0.2, 0.25) is 0 Å². The van der Waals surface area contributed by atoms with Crippen LogP contribution in [-0.4, -0.2) is 62.1 Å². The number of carbonyl (C=O) groups is 1. The molecule has 2 heterocycles. The summed E-state index contributed by atoms with van der Waals surface area (Å²) >= 11 is 0. The average molecular weight is 367 g/mol. The van der Waals surface area contributed by atoms with Gasteiger partial charge in [0.25, 0.3) is 5.91 Å². The van der Waals surface area contributed by atoms with Crippen LogP contribution >= 0.6 is 0 Å². The molecule has 6 heteroatoms. The third kappa shape index (κ3) is 4.77. The van der Waals surface area contributed by atoms with E-state index < -0.39 is 0 Å². The van der Waals surface area contributed by atoms with E-state index >= 15 is 0 Å². The molecule has 27 heavy (non-hydrogen) atoms. The number of likely N-dealkylation sites (N-methyl/N-ethyl adjacent to an activating group) is 1. The summed E-state index contributed by atoms with van der Waals surface area (Å²) in [5, 5.41) is 2.97. The minimum absolute atomic E-state index is 0.135. The maximum atomic E-state index is 12.6. The predicted molar refractivity (Wildman–Crippen MR) is 112 cm³/mol. The van der Waals surface area contributed by atoms with Crippen molar-refractivity contribution in [2.75, 3.05) is 61.4 Å². The van der Waals surface area contributed by atoms with Crippen LogP contribution in [0, 0.1) is 0 Å². The van der Waals surface area contributed by atoms with Crippen molar-refractivity contribution in [3.8, 4) is 0 Å². The molecule has 1 saturated heterocycles. The first-order valence-corrected chi connectivity index (χ1v) is 9.65. The number of nitrogens with zero attached hydrogens (tertiary/aromatic N) is 4. The summed E-state index contributed by atoms with van der Waals surface area (Å²) in [6.07, 6.45) is 3.41. The van der Waals surface area contributed by atoms with Gasteiger partial charge in [-0.05, 0) is 51.2 Å². The van der Waals surface area contributed by atoms with E-state index in [1.807, 2.05) is 18.2 Å². The minimum atomic E-state index is -0.135. The standard InChI is InChI=1S/C21H29N5O/c1-4-25(5-2)20-14-17(15-22-16-20)21(27)23-18-6-8-19(9-7-18)26-12-10-24(3)11-13-26/h6-9,14-16H,4-5,10-13H2,1-3H3,(H,23,27). The molecule has 3 rings (SSSR count). The van der Waals surface area contributed by atoms with Crippen molar-refractivity contribution in [3.05, 3.63) is 48.3 Å². The maximum absolute atomic E-state index is 12.6. The van der Waals surface area contributed by atoms with Gasteiger partial charge in [-0.3, -0.25) is 9.78 Å². The number of aromatic nitrogens is 1. The molecule has 1 aromatic heterocycles. The number of piperazine rings is 1. The summed E-state index contributed by atoms with van der Waals surface area (Å²) in [4.78, 5) is 23.7. The Balaban J connectivity index is 1.65. The number of nitrogens with one attached hydrogen (secondary N) is 1. The summed E-state index contributed by atoms with van der Waals surface area (Å²) in [6, 6.07) is 9.98. The van der Waals surface area contributed by atoms with Crippen molar-refractivity contribution in [1.82, 2.24) is 9.88 Å². The zero-order valence-corrected chi connectivity index (χ0v) is 16.5. The molecule has 1 aliphatic heterocycles. The van der Waals surface area contributed by atoms with Crippen LogP contribution < -0.4 is 15.1 Å². The van der Waals surface area contributed by atoms with Crippen molar-refractivity contribution in [3.63, 3.8) is 0 Å². The van der Waals surface area contributed by atoms with Crippen molar-refractivity contribution < 1.29 is 4.79 Å². The van der Waals surface area contributed by atoms with Gasteiger partial charge < -0.3 is 20.0 Å². The molecule has 1 amide bonds. The smallest absolute Gasteiger partial charge is 0.257 e. The van der Waals surface area contributed by atoms with E-state index in [1.165, 1.54) is 5.69 Å². The topological polar surface area (TPSA) is 51.7 Å². The average Bonchev–Trinajstić information content (AvgIpc) is 2.70. The highest BCUT2D eigenvalue weighted by Crippen LogP contribution is 2.20. The molecule has 0 unspecified atom stereocenters. The van der Waals surface area contributed by atoms with Gasteiger partial charge in [0.15, 0.2) is 0 Å². The molecule has 0 radical (unpaired) electrons. The summed E-state index contributed by atoms with van der Waals surface area (Å²) < 4.78 is 0. The van der Waals surface area contributed by atoms with Crippen LogP contribution in [0.5, 0.6) is 0 Å². The molecule has 2 aromatic rings. The molecule has 0 saturated carbocycles. The Labute approximate surface area is 161 Å². The number of rotatable bonds is 6. The first-order valence-electron chi connectivity index (χ1n) is 9.65. The van der Waals surface area contributed by atoms with Crippen LogP contribution in [-0.2, 0) is 0 Å². The zero-order chi connectivity index (χ0) is 19.2. The molecule has 0 bridgehead atoms. The van der Waals surface area contributed by atoms with Gasteiger partial charge in [0.05, 0.1) is 17.4 Å². The fraction of sp³-hybridized carbons (Fsp3) is 0.429. The van der Waals surface area contributed by atoms with Gasteiger partial charge in [0.2, 0.25) is 0 Å². The monoisotopic (exact) mass is 367 g/mol. The molecule has 0 aliphatic carbocycles. The van der Waals surface area contributed by atoms with Gasteiger partial charge in [-0.25, -0.2) is 0 Å². The second-order valence-corrected chi connectivity index (χ2v) is 6.90. The largest absolute Gasteiger partial charge is 0.371 e. The maximum Gasteiger partial charge on any atom is 0.257 e. The number of carbonyl (C=O) groups excluding carboxylic acids is 1. The molecule has 6 nitrogen and oxygen atoms in total. The molecule has 1 fully saturated rings. The van der Waals surface area contributed by atoms with Crippen LogP contribution in [0.4, 0.5) is 17.1 Å². The highest BCUT2D eigenvalue weighted by Gasteiger charge is 2.14. The molecule has 1 aliphatic rings. The fourth-order valence-corrected chi connectivity index (χ4v) is 3.34. The second-order valence-electron chi connectivity index (χ2n) is 6.90. The normalized spacial score (nSPS) is 14.9. The van der Waals surface area contributed by atoms with E-state index in [1.54, 1.807) is 12.4 Å². The predicted octanol–water partition coefficient (Wildman–Crippen LogP) is 2.93. The van der Waals surface area contributed by atoms with Crippen LogP contribution in [0.25, 0.3) is 0 Å². The molecule has 1 aromatic carbocycles. The van der Waals surface area contributed by atoms with Crippen LogP contribution in [0.15, 0.2) is 42.7 Å². The zero-order valence-electron chi connectivity index (χ0n) is 16.5. The Kier molecular flexibility index (Phi) is 6.29. The van der Waals surface area contributed by atoms with Gasteiger partial charge in [-0.15, -0.1) is 0 Å². The minimum Gasteiger partial charge on any atom is -0.371 e.